The summed E-state index contributed by atoms with van der Waals surface area (Å²) in [6.45, 7) is 2.74. The van der Waals surface area contributed by atoms with Gasteiger partial charge in [-0.05, 0) is 19.1 Å². The molecule has 1 aromatic heterocycles. The Balaban J connectivity index is 1.66. The number of benzene rings is 2. The molecule has 3 aromatic rings. The zero-order valence-electron chi connectivity index (χ0n) is 16.5. The number of carbonyl (C=O) groups excluding carboxylic acids is 1. The van der Waals surface area contributed by atoms with Gasteiger partial charge < -0.3 is 14.0 Å². The second-order valence-corrected chi connectivity index (χ2v) is 7.04. The first kappa shape index (κ1) is 21.3. The molecule has 0 spiro atoms. The number of Topliss-reactive ketones (excluding diaryl/α,β-unsaturated/α-hetero) is 1. The van der Waals surface area contributed by atoms with Crippen molar-refractivity contribution in [1.29, 1.82) is 0 Å². The minimum Gasteiger partial charge on any atom is -0.493 e. The second kappa shape index (κ2) is 9.88. The molecule has 1 heterocycles. The fraction of sp³-hybridized carbons (Fsp3) is 0.250. The fourth-order valence-electron chi connectivity index (χ4n) is 2.74. The highest BCUT2D eigenvalue weighted by molar-refractivity contribution is 7.99. The lowest BCUT2D eigenvalue weighted by atomic mass is 10.1. The molecule has 0 saturated heterocycles. The summed E-state index contributed by atoms with van der Waals surface area (Å²) in [5.41, 5.74) is 0.178. The molecule has 0 unspecified atom stereocenters. The third kappa shape index (κ3) is 4.95. The number of hydrogen-bond acceptors (Lipinski definition) is 8. The van der Waals surface area contributed by atoms with E-state index in [1.54, 1.807) is 25.3 Å². The fourth-order valence-corrected chi connectivity index (χ4v) is 3.65. The Bertz CT molecular complexity index is 1050. The number of nitrogens with zero attached hydrogens (tertiary/aromatic N) is 4. The van der Waals surface area contributed by atoms with Gasteiger partial charge in [-0.25, -0.2) is 0 Å². The summed E-state index contributed by atoms with van der Waals surface area (Å²) in [4.78, 5) is 22.8. The summed E-state index contributed by atoms with van der Waals surface area (Å²) < 4.78 is 12.9. The number of methoxy groups -OCH3 is 1. The minimum atomic E-state index is -0.522. The van der Waals surface area contributed by atoms with Gasteiger partial charge in [0.25, 0.3) is 5.69 Å². The van der Waals surface area contributed by atoms with Crippen molar-refractivity contribution in [3.8, 4) is 11.5 Å². The van der Waals surface area contributed by atoms with Crippen LogP contribution in [0.2, 0.25) is 0 Å². The maximum absolute atomic E-state index is 12.4. The number of non-ortho nitro benzene ring substituents is 1. The van der Waals surface area contributed by atoms with E-state index in [0.29, 0.717) is 34.6 Å². The SMILES string of the molecule is CCn1c(COc2ccccc2OC)nnc1SCC(=O)c1cccc([N+](=O)[O-])c1. The zero-order chi connectivity index (χ0) is 21.5. The van der Waals surface area contributed by atoms with Crippen LogP contribution in [0, 0.1) is 10.1 Å². The van der Waals surface area contributed by atoms with Crippen molar-refractivity contribution in [3.63, 3.8) is 0 Å². The van der Waals surface area contributed by atoms with Crippen LogP contribution in [-0.4, -0.2) is 38.3 Å². The molecule has 0 saturated carbocycles. The van der Waals surface area contributed by atoms with Crippen LogP contribution in [0.4, 0.5) is 5.69 Å². The quantitative estimate of drug-likeness (QED) is 0.208. The van der Waals surface area contributed by atoms with Crippen LogP contribution in [0.5, 0.6) is 11.5 Å². The van der Waals surface area contributed by atoms with E-state index >= 15 is 0 Å². The molecule has 0 aliphatic heterocycles. The molecule has 156 valence electrons. The van der Waals surface area contributed by atoms with Gasteiger partial charge >= 0.3 is 0 Å². The lowest BCUT2D eigenvalue weighted by Gasteiger charge is -2.11. The Labute approximate surface area is 177 Å². The molecule has 0 atom stereocenters. The number of nitro benzene ring substituents is 1. The molecule has 0 N–H and O–H groups in total. The largest absolute Gasteiger partial charge is 0.493 e. The first-order valence-corrected chi connectivity index (χ1v) is 10.1. The zero-order valence-corrected chi connectivity index (χ0v) is 17.3. The number of ketones is 1. The average Bonchev–Trinajstić information content (AvgIpc) is 3.17. The van der Waals surface area contributed by atoms with Crippen LogP contribution < -0.4 is 9.47 Å². The number of para-hydroxylation sites is 2. The van der Waals surface area contributed by atoms with Crippen LogP contribution >= 0.6 is 11.8 Å². The Morgan fingerprint density at radius 1 is 1.17 bits per heavy atom. The Morgan fingerprint density at radius 2 is 1.93 bits per heavy atom. The van der Waals surface area contributed by atoms with Gasteiger partial charge in [-0.3, -0.25) is 14.9 Å². The predicted molar refractivity (Wildman–Crippen MR) is 111 cm³/mol. The third-order valence-corrected chi connectivity index (χ3v) is 5.21. The van der Waals surface area contributed by atoms with Crippen molar-refractivity contribution in [1.82, 2.24) is 14.8 Å². The van der Waals surface area contributed by atoms with Gasteiger partial charge in [-0.2, -0.15) is 0 Å². The lowest BCUT2D eigenvalue weighted by molar-refractivity contribution is -0.384. The van der Waals surface area contributed by atoms with E-state index in [4.69, 9.17) is 9.47 Å². The van der Waals surface area contributed by atoms with E-state index in [1.165, 1.54) is 30.0 Å². The van der Waals surface area contributed by atoms with Crippen molar-refractivity contribution in [2.75, 3.05) is 12.9 Å². The molecule has 3 rings (SSSR count). The highest BCUT2D eigenvalue weighted by atomic mass is 32.2. The molecule has 0 aliphatic carbocycles. The maximum atomic E-state index is 12.4. The van der Waals surface area contributed by atoms with Gasteiger partial charge in [0.15, 0.2) is 28.3 Å². The number of aromatic nitrogens is 3. The monoisotopic (exact) mass is 428 g/mol. The van der Waals surface area contributed by atoms with Crippen molar-refractivity contribution >= 4 is 23.2 Å². The molecule has 0 aliphatic rings. The number of rotatable bonds is 10. The highest BCUT2D eigenvalue weighted by Crippen LogP contribution is 2.27. The first-order valence-electron chi connectivity index (χ1n) is 9.11. The predicted octanol–water partition coefficient (Wildman–Crippen LogP) is 3.77. The number of nitro groups is 1. The van der Waals surface area contributed by atoms with Crippen molar-refractivity contribution in [3.05, 3.63) is 70.0 Å². The van der Waals surface area contributed by atoms with Gasteiger partial charge in [0.2, 0.25) is 0 Å². The lowest BCUT2D eigenvalue weighted by Crippen LogP contribution is -2.09. The summed E-state index contributed by atoms with van der Waals surface area (Å²) in [5, 5.41) is 19.8. The van der Waals surface area contributed by atoms with E-state index in [9.17, 15) is 14.9 Å². The van der Waals surface area contributed by atoms with Crippen molar-refractivity contribution < 1.29 is 19.2 Å². The Kier molecular flexibility index (Phi) is 7.02. The smallest absolute Gasteiger partial charge is 0.270 e. The average molecular weight is 428 g/mol. The minimum absolute atomic E-state index is 0.0899. The first-order chi connectivity index (χ1) is 14.5. The molecule has 0 bridgehead atoms. The summed E-state index contributed by atoms with van der Waals surface area (Å²) >= 11 is 1.23. The van der Waals surface area contributed by atoms with Gasteiger partial charge in [0.05, 0.1) is 17.8 Å². The van der Waals surface area contributed by atoms with Crippen molar-refractivity contribution in [2.24, 2.45) is 0 Å². The third-order valence-electron chi connectivity index (χ3n) is 4.25. The number of carbonyl (C=O) groups is 1. The maximum Gasteiger partial charge on any atom is 0.270 e. The second-order valence-electron chi connectivity index (χ2n) is 6.10. The number of ether oxygens (including phenoxy) is 2. The molecule has 0 radical (unpaired) electrons. The van der Waals surface area contributed by atoms with Crippen LogP contribution in [0.1, 0.15) is 23.1 Å². The standard InChI is InChI=1S/C20H20N4O5S/c1-3-23-19(12-29-18-10-5-4-9-17(18)28-2)21-22-20(23)30-13-16(25)14-7-6-8-15(11-14)24(26)27/h4-11H,3,12-13H2,1-2H3. The topological polar surface area (TPSA) is 109 Å². The van der Waals surface area contributed by atoms with Gasteiger partial charge in [0.1, 0.15) is 6.61 Å². The van der Waals surface area contributed by atoms with Gasteiger partial charge in [0, 0.05) is 24.2 Å². The summed E-state index contributed by atoms with van der Waals surface area (Å²) in [5.74, 6) is 1.71. The van der Waals surface area contributed by atoms with Gasteiger partial charge in [-0.1, -0.05) is 36.0 Å². The molecule has 2 aromatic carbocycles. The molecule has 0 amide bonds. The van der Waals surface area contributed by atoms with Crippen LogP contribution in [0.3, 0.4) is 0 Å². The Hall–Kier alpha value is -3.40. The van der Waals surface area contributed by atoms with Crippen LogP contribution in [0.15, 0.2) is 53.7 Å². The van der Waals surface area contributed by atoms with Crippen molar-refractivity contribution in [2.45, 2.75) is 25.2 Å². The van der Waals surface area contributed by atoms with Crippen LogP contribution in [0.25, 0.3) is 0 Å². The molecule has 30 heavy (non-hydrogen) atoms. The highest BCUT2D eigenvalue weighted by Gasteiger charge is 2.16. The van der Waals surface area contributed by atoms with Crippen LogP contribution in [-0.2, 0) is 13.2 Å². The van der Waals surface area contributed by atoms with E-state index in [2.05, 4.69) is 10.2 Å². The van der Waals surface area contributed by atoms with E-state index in [-0.39, 0.29) is 23.8 Å². The normalized spacial score (nSPS) is 10.6. The Morgan fingerprint density at radius 3 is 2.63 bits per heavy atom. The molecule has 10 heteroatoms. The number of thioether (sulfide) groups is 1. The summed E-state index contributed by atoms with van der Waals surface area (Å²) in [6, 6.07) is 13.0. The molecule has 9 nitrogen and oxygen atoms in total. The van der Waals surface area contributed by atoms with Gasteiger partial charge in [-0.15, -0.1) is 10.2 Å². The van der Waals surface area contributed by atoms with E-state index in [1.807, 2.05) is 23.6 Å². The molecule has 0 fully saturated rings. The van der Waals surface area contributed by atoms with E-state index < -0.39 is 4.92 Å². The molecular formula is C20H20N4O5S. The number of hydrogen-bond donors (Lipinski definition) is 0. The summed E-state index contributed by atoms with van der Waals surface area (Å²) in [6.07, 6.45) is 0. The molecular weight excluding hydrogens is 408 g/mol. The summed E-state index contributed by atoms with van der Waals surface area (Å²) in [7, 11) is 1.57. The van der Waals surface area contributed by atoms with E-state index in [0.717, 1.165) is 0 Å².